The van der Waals surface area contributed by atoms with Gasteiger partial charge in [0.15, 0.2) is 0 Å². The van der Waals surface area contributed by atoms with Crippen molar-refractivity contribution >= 4 is 30.0 Å². The molecule has 2 fully saturated rings. The summed E-state index contributed by atoms with van der Waals surface area (Å²) in [5.74, 6) is 0.0773. The molecule has 0 aromatic rings. The number of rotatable bonds is 11. The largest absolute Gasteiger partial charge is 2.00 e. The zero-order chi connectivity index (χ0) is 38.0. The summed E-state index contributed by atoms with van der Waals surface area (Å²) in [4.78, 5) is 61.5. The Kier molecular flexibility index (Phi) is 18.9. The Hall–Kier alpha value is -2.53. The number of methoxy groups -OCH3 is 2. The van der Waals surface area contributed by atoms with E-state index in [0.717, 1.165) is 11.8 Å². The van der Waals surface area contributed by atoms with Gasteiger partial charge in [-0.2, -0.15) is 0 Å². The van der Waals surface area contributed by atoms with Crippen LogP contribution in [-0.2, 0) is 50.4 Å². The molecule has 0 bridgehead atoms. The van der Waals surface area contributed by atoms with Gasteiger partial charge in [-0.15, -0.1) is 0 Å². The predicted molar refractivity (Wildman–Crippen MR) is 186 cm³/mol. The molecule has 12 nitrogen and oxygen atoms in total. The molecule has 3 amide bonds. The second-order valence-corrected chi connectivity index (χ2v) is 15.2. The monoisotopic (exact) mass is 743 g/mol. The zero-order valence-corrected chi connectivity index (χ0v) is 33.1. The number of amides is 3. The first-order valence-electron chi connectivity index (χ1n) is 16.3. The van der Waals surface area contributed by atoms with Gasteiger partial charge in [-0.05, 0) is 111 Å². The van der Waals surface area contributed by atoms with Gasteiger partial charge in [0.25, 0.3) is 0 Å². The molecule has 280 valence electrons. The second-order valence-electron chi connectivity index (χ2n) is 15.2. The molecule has 2 aliphatic rings. The van der Waals surface area contributed by atoms with Crippen LogP contribution in [0.25, 0.3) is 0 Å². The van der Waals surface area contributed by atoms with Crippen molar-refractivity contribution < 1.29 is 60.0 Å². The molecule has 2 saturated carbocycles. The summed E-state index contributed by atoms with van der Waals surface area (Å²) in [7, 11) is 2.58. The van der Waals surface area contributed by atoms with Gasteiger partial charge in [0, 0.05) is 10.8 Å². The summed E-state index contributed by atoms with van der Waals surface area (Å²) in [6.45, 7) is 21.6. The molecule has 2 rings (SSSR count). The number of alkyl carbamates (subject to hydrolysis) is 2. The van der Waals surface area contributed by atoms with Crippen LogP contribution in [0, 0.1) is 80.0 Å². The van der Waals surface area contributed by atoms with Crippen LogP contribution in [0.5, 0.6) is 0 Å². The van der Waals surface area contributed by atoms with E-state index in [9.17, 15) is 24.0 Å². The van der Waals surface area contributed by atoms with E-state index < -0.39 is 70.2 Å². The molecule has 2 aliphatic carbocycles. The fraction of sp³-hybridized carbons (Fsp3) is 0.595. The van der Waals surface area contributed by atoms with E-state index in [2.05, 4.69) is 16.0 Å². The van der Waals surface area contributed by atoms with Gasteiger partial charge in [-0.3, -0.25) is 4.79 Å². The van der Waals surface area contributed by atoms with Crippen molar-refractivity contribution in [2.45, 2.75) is 112 Å². The first-order valence-corrected chi connectivity index (χ1v) is 16.3. The molecule has 50 heavy (non-hydrogen) atoms. The van der Waals surface area contributed by atoms with E-state index in [1.807, 2.05) is 79.1 Å². The molecule has 3 N–H and O–H groups in total. The molecular formula is C37H57FeN3O9+2. The smallest absolute Gasteiger partial charge is 0.467 e. The predicted octanol–water partition coefficient (Wildman–Crippen LogP) is 5.11. The van der Waals surface area contributed by atoms with E-state index in [1.165, 1.54) is 14.2 Å². The van der Waals surface area contributed by atoms with Crippen LogP contribution in [0.4, 0.5) is 9.59 Å². The maximum absolute atomic E-state index is 12.9. The van der Waals surface area contributed by atoms with E-state index in [-0.39, 0.29) is 23.0 Å². The van der Waals surface area contributed by atoms with Crippen LogP contribution >= 0.6 is 0 Å². The van der Waals surface area contributed by atoms with Gasteiger partial charge < -0.3 is 34.9 Å². The Labute approximate surface area is 311 Å². The molecule has 13 heteroatoms. The molecule has 0 heterocycles. The molecule has 0 unspecified atom stereocenters. The summed E-state index contributed by atoms with van der Waals surface area (Å²) in [5, 5.41) is 7.98. The van der Waals surface area contributed by atoms with Gasteiger partial charge in [-0.1, -0.05) is 41.5 Å². The van der Waals surface area contributed by atoms with Crippen LogP contribution in [-0.4, -0.2) is 73.6 Å². The number of ether oxygens (including phenoxy) is 4. The van der Waals surface area contributed by atoms with Crippen LogP contribution < -0.4 is 16.0 Å². The minimum Gasteiger partial charge on any atom is -0.467 e. The summed E-state index contributed by atoms with van der Waals surface area (Å²) in [6, 6.07) is -2.62. The standard InChI is InChI=1S/C21H33N2O5.C16H24NO4.Fe/c1-13(2)15(22-19(26)28-20(3,4)5)17(24)23-16(18(25)27-8)21(6,7)14-11-9-10-12-14;1-15(2,3)21-14(19)17-12(13(18)20-6)16(4,5)11-9-7-8-10-11;/h9-13,15-16H,1-8H3,(H,22,26)(H,23,24);7-10,12H,1-6H3,(H,17,19);/q;;+2/t15-,16-;12-;/m00./s1. The summed E-state index contributed by atoms with van der Waals surface area (Å²) < 4.78 is 20.2. The zero-order valence-electron chi connectivity index (χ0n) is 32.0. The number of esters is 2. The fourth-order valence-electron chi connectivity index (χ4n) is 4.87. The van der Waals surface area contributed by atoms with Crippen molar-refractivity contribution in [1.29, 1.82) is 0 Å². The Morgan fingerprint density at radius 3 is 1.18 bits per heavy atom. The molecule has 0 aromatic carbocycles. The molecule has 0 aromatic heterocycles. The topological polar surface area (TPSA) is 158 Å². The van der Waals surface area contributed by atoms with Crippen molar-refractivity contribution in [2.75, 3.05) is 14.2 Å². The fourth-order valence-corrected chi connectivity index (χ4v) is 4.87. The number of nitrogens with one attached hydrogen (secondary N) is 3. The van der Waals surface area contributed by atoms with Crippen molar-refractivity contribution in [1.82, 2.24) is 16.0 Å². The van der Waals surface area contributed by atoms with Crippen molar-refractivity contribution in [2.24, 2.45) is 16.7 Å². The maximum Gasteiger partial charge on any atom is 2.00 e. The van der Waals surface area contributed by atoms with E-state index in [0.29, 0.717) is 0 Å². The van der Waals surface area contributed by atoms with E-state index in [1.54, 1.807) is 55.4 Å². The Morgan fingerprint density at radius 2 is 0.880 bits per heavy atom. The molecule has 3 atom stereocenters. The third kappa shape index (κ3) is 15.0. The molecule has 0 spiro atoms. The van der Waals surface area contributed by atoms with E-state index >= 15 is 0 Å². The van der Waals surface area contributed by atoms with Gasteiger partial charge in [0.05, 0.1) is 14.2 Å². The summed E-state index contributed by atoms with van der Waals surface area (Å²) >= 11 is 0. The van der Waals surface area contributed by atoms with Gasteiger partial charge in [0.2, 0.25) is 5.91 Å². The van der Waals surface area contributed by atoms with Crippen molar-refractivity contribution in [3.8, 4) is 0 Å². The van der Waals surface area contributed by atoms with E-state index in [4.69, 9.17) is 18.9 Å². The number of hydrogen-bond acceptors (Lipinski definition) is 9. The minimum absolute atomic E-state index is 0. The normalized spacial score (nSPS) is 17.6. The first-order chi connectivity index (χ1) is 22.4. The Morgan fingerprint density at radius 1 is 0.560 bits per heavy atom. The number of carbonyl (C=O) groups excluding carboxylic acids is 5. The molecule has 0 saturated heterocycles. The van der Waals surface area contributed by atoms with Gasteiger partial charge >= 0.3 is 41.2 Å². The van der Waals surface area contributed by atoms with Crippen molar-refractivity contribution in [3.63, 3.8) is 0 Å². The quantitative estimate of drug-likeness (QED) is 0.149. The number of carbonyl (C=O) groups is 5. The molecular weight excluding hydrogens is 686 g/mol. The third-order valence-corrected chi connectivity index (χ3v) is 7.70. The Balaban J connectivity index is 0.000000978. The van der Waals surface area contributed by atoms with Crippen LogP contribution in [0.2, 0.25) is 0 Å². The first kappa shape index (κ1) is 47.5. The average molecular weight is 744 g/mol. The van der Waals surface area contributed by atoms with Gasteiger partial charge in [0.1, 0.15) is 29.3 Å². The second kappa shape index (κ2) is 19.9. The van der Waals surface area contributed by atoms with Crippen LogP contribution in [0.1, 0.15) is 83.1 Å². The summed E-state index contributed by atoms with van der Waals surface area (Å²) in [5.41, 5.74) is -2.64. The number of hydrogen-bond donors (Lipinski definition) is 3. The molecule has 10 radical (unpaired) electrons. The van der Waals surface area contributed by atoms with Gasteiger partial charge in [-0.25, -0.2) is 19.2 Å². The molecule has 0 aliphatic heterocycles. The van der Waals surface area contributed by atoms with Crippen LogP contribution in [0.15, 0.2) is 0 Å². The third-order valence-electron chi connectivity index (χ3n) is 7.70. The van der Waals surface area contributed by atoms with Crippen LogP contribution in [0.3, 0.4) is 0 Å². The maximum atomic E-state index is 12.9. The Bertz CT molecular complexity index is 1120. The minimum atomic E-state index is -0.922. The average Bonchev–Trinajstić information content (AvgIpc) is 3.71. The summed E-state index contributed by atoms with van der Waals surface area (Å²) in [6.07, 6.45) is 13.8. The van der Waals surface area contributed by atoms with Crippen molar-refractivity contribution in [3.05, 3.63) is 63.2 Å². The SMILES string of the molecule is COC(=O)[C@H](NC(=O)OC(C)(C)C)C(C)(C)[C]1[CH][CH][CH][CH]1.COC(=O)[C@H](NC(=O)[C@@H](NC(=O)OC(C)(C)C)C(C)C)C(C)(C)[C]1[CH][CH][CH][CH]1.[Fe+2].